The van der Waals surface area contributed by atoms with Gasteiger partial charge in [-0.2, -0.15) is 0 Å². The molecule has 0 saturated heterocycles. The first-order valence-electron chi connectivity index (χ1n) is 23.6. The van der Waals surface area contributed by atoms with Crippen molar-refractivity contribution in [1.82, 2.24) is 24.1 Å². The van der Waals surface area contributed by atoms with E-state index in [2.05, 4.69) is 234 Å². The Morgan fingerprint density at radius 1 is 0.333 bits per heavy atom. The van der Waals surface area contributed by atoms with Crippen LogP contribution in [0.2, 0.25) is 0 Å². The molecule has 11 aromatic carbocycles. The average molecular weight is 878 g/mol. The zero-order valence-corrected chi connectivity index (χ0v) is 37.3. The number of hydrogen-bond acceptors (Lipinski definition) is 3. The third-order valence-corrected chi connectivity index (χ3v) is 14.5. The molecule has 5 nitrogen and oxygen atoms in total. The molecule has 1 aliphatic rings. The van der Waals surface area contributed by atoms with Crippen molar-refractivity contribution in [2.45, 2.75) is 6.42 Å². The van der Waals surface area contributed by atoms with Crippen LogP contribution in [0.4, 0.5) is 0 Å². The second kappa shape index (κ2) is 14.7. The highest BCUT2D eigenvalue weighted by Gasteiger charge is 2.28. The van der Waals surface area contributed by atoms with Crippen LogP contribution in [0.3, 0.4) is 0 Å². The number of benzene rings is 11. The van der Waals surface area contributed by atoms with E-state index in [0.29, 0.717) is 17.5 Å². The third kappa shape index (κ3) is 5.74. The lowest BCUT2D eigenvalue weighted by Crippen LogP contribution is -2.03. The predicted molar refractivity (Wildman–Crippen MR) is 286 cm³/mol. The number of para-hydroxylation sites is 3. The van der Waals surface area contributed by atoms with E-state index >= 15 is 0 Å². The zero-order valence-electron chi connectivity index (χ0n) is 37.3. The Morgan fingerprint density at radius 2 is 0.942 bits per heavy atom. The highest BCUT2D eigenvalue weighted by molar-refractivity contribution is 6.16. The molecule has 0 fully saturated rings. The number of rotatable bonds is 5. The molecule has 0 aliphatic heterocycles. The van der Waals surface area contributed by atoms with Crippen LogP contribution < -0.4 is 0 Å². The quantitative estimate of drug-likeness (QED) is 0.173. The molecule has 0 unspecified atom stereocenters. The second-order valence-electron chi connectivity index (χ2n) is 18.3. The van der Waals surface area contributed by atoms with E-state index in [4.69, 9.17) is 15.0 Å². The van der Waals surface area contributed by atoms with Gasteiger partial charge in [0.25, 0.3) is 0 Å². The Morgan fingerprint density at radius 3 is 1.75 bits per heavy atom. The molecular formula is C64H39N5. The van der Waals surface area contributed by atoms with Crippen molar-refractivity contribution in [3.05, 3.63) is 236 Å². The number of hydrogen-bond donors (Lipinski definition) is 0. The van der Waals surface area contributed by atoms with Gasteiger partial charge in [0.15, 0.2) is 17.5 Å². The Labute approximate surface area is 396 Å². The predicted octanol–water partition coefficient (Wildman–Crippen LogP) is 16.1. The standard InChI is InChI=1S/C64H39N5/c1-2-20-47(21-3-1)68-56-27-13-11-24-51(56)61-52(25-14-28-57(61)68)64-66-62(44-30-29-39-15-4-5-17-41(39)33-44)65-63(67-64)46-34-45-36-53-48-22-9-8-16-40(48)31-32-50(53)60(45)59(38-46)69-55-26-12-10-23-49(55)54-35-42-18-6-7-19-43(42)37-58(54)69/h1-35,37-38H,36H2. The monoisotopic (exact) mass is 877 g/mol. The summed E-state index contributed by atoms with van der Waals surface area (Å²) in [7, 11) is 0. The van der Waals surface area contributed by atoms with E-state index in [1.54, 1.807) is 0 Å². The zero-order chi connectivity index (χ0) is 45.2. The van der Waals surface area contributed by atoms with Crippen molar-refractivity contribution in [2.75, 3.05) is 0 Å². The van der Waals surface area contributed by atoms with Gasteiger partial charge in [0.05, 0.1) is 27.8 Å². The van der Waals surface area contributed by atoms with Crippen molar-refractivity contribution >= 4 is 75.9 Å². The van der Waals surface area contributed by atoms with Crippen LogP contribution >= 0.6 is 0 Å². The van der Waals surface area contributed by atoms with Gasteiger partial charge in [-0.25, -0.2) is 15.0 Å². The van der Waals surface area contributed by atoms with E-state index < -0.39 is 0 Å². The summed E-state index contributed by atoms with van der Waals surface area (Å²) < 4.78 is 4.85. The summed E-state index contributed by atoms with van der Waals surface area (Å²) in [6, 6.07) is 81.1. The van der Waals surface area contributed by atoms with Crippen LogP contribution in [0.25, 0.3) is 133 Å². The molecule has 69 heavy (non-hydrogen) atoms. The molecule has 320 valence electrons. The smallest absolute Gasteiger partial charge is 0.164 e. The minimum Gasteiger partial charge on any atom is -0.309 e. The Bertz CT molecular complexity index is 4460. The first-order valence-corrected chi connectivity index (χ1v) is 23.6. The summed E-state index contributed by atoms with van der Waals surface area (Å²) in [6.07, 6.45) is 0.792. The van der Waals surface area contributed by atoms with E-state index in [0.717, 1.165) is 72.7 Å². The molecule has 14 aromatic rings. The normalized spacial score (nSPS) is 12.3. The SMILES string of the molecule is c1ccc(-n2c3ccccc3c3c(-c4nc(-c5cc6c(c(-n7c8ccccc8c8cc9ccccc9cc87)c5)-c5ccc7ccccc7c5C6)nc(-c5ccc6ccccc6c5)n4)cccc32)cc1. The third-order valence-electron chi connectivity index (χ3n) is 14.5. The molecule has 3 aromatic heterocycles. The van der Waals surface area contributed by atoms with Gasteiger partial charge in [-0.15, -0.1) is 0 Å². The highest BCUT2D eigenvalue weighted by atomic mass is 15.0. The van der Waals surface area contributed by atoms with Crippen molar-refractivity contribution in [3.63, 3.8) is 0 Å². The molecule has 0 atom stereocenters. The van der Waals surface area contributed by atoms with E-state index in [1.807, 2.05) is 0 Å². The largest absolute Gasteiger partial charge is 0.309 e. The van der Waals surface area contributed by atoms with Crippen LogP contribution in [-0.2, 0) is 6.42 Å². The van der Waals surface area contributed by atoms with E-state index in [-0.39, 0.29) is 0 Å². The first-order chi connectivity index (χ1) is 34.2. The lowest BCUT2D eigenvalue weighted by molar-refractivity contribution is 1.07. The molecule has 0 saturated carbocycles. The molecule has 0 N–H and O–H groups in total. The van der Waals surface area contributed by atoms with Crippen LogP contribution in [0.15, 0.2) is 224 Å². The lowest BCUT2D eigenvalue weighted by Gasteiger charge is -2.17. The number of nitrogens with zero attached hydrogens (tertiary/aromatic N) is 5. The molecule has 5 heteroatoms. The molecule has 0 radical (unpaired) electrons. The summed E-state index contributed by atoms with van der Waals surface area (Å²) in [6.45, 7) is 0. The Balaban J connectivity index is 1.04. The lowest BCUT2D eigenvalue weighted by atomic mass is 9.97. The second-order valence-corrected chi connectivity index (χ2v) is 18.3. The van der Waals surface area contributed by atoms with Gasteiger partial charge in [0.1, 0.15) is 0 Å². The molecular weight excluding hydrogens is 839 g/mol. The van der Waals surface area contributed by atoms with E-state index in [9.17, 15) is 0 Å². The van der Waals surface area contributed by atoms with Gasteiger partial charge in [0, 0.05) is 49.5 Å². The van der Waals surface area contributed by atoms with Crippen LogP contribution in [-0.4, -0.2) is 24.1 Å². The summed E-state index contributed by atoms with van der Waals surface area (Å²) in [5.74, 6) is 1.89. The molecule has 1 aliphatic carbocycles. The average Bonchev–Trinajstić information content (AvgIpc) is 4.08. The minimum absolute atomic E-state index is 0.628. The maximum absolute atomic E-state index is 5.57. The number of fused-ring (bicyclic) bond motifs is 13. The van der Waals surface area contributed by atoms with Gasteiger partial charge in [-0.3, -0.25) is 0 Å². The van der Waals surface area contributed by atoms with Crippen molar-refractivity contribution in [1.29, 1.82) is 0 Å². The Hall–Kier alpha value is -9.19. The van der Waals surface area contributed by atoms with E-state index in [1.165, 1.54) is 60.0 Å². The molecule has 0 amide bonds. The Kier molecular flexibility index (Phi) is 8.06. The maximum atomic E-state index is 5.57. The van der Waals surface area contributed by atoms with Crippen molar-refractivity contribution < 1.29 is 0 Å². The molecule has 0 spiro atoms. The van der Waals surface area contributed by atoms with Crippen LogP contribution in [0, 0.1) is 0 Å². The van der Waals surface area contributed by atoms with Crippen LogP contribution in [0.1, 0.15) is 11.1 Å². The fourth-order valence-corrected chi connectivity index (χ4v) is 11.5. The van der Waals surface area contributed by atoms with Crippen molar-refractivity contribution in [3.8, 4) is 56.7 Å². The fourth-order valence-electron chi connectivity index (χ4n) is 11.5. The van der Waals surface area contributed by atoms with Gasteiger partial charge < -0.3 is 9.13 Å². The number of aromatic nitrogens is 5. The van der Waals surface area contributed by atoms with Crippen LogP contribution in [0.5, 0.6) is 0 Å². The summed E-state index contributed by atoms with van der Waals surface area (Å²) in [5, 5.41) is 12.0. The molecule has 3 heterocycles. The first kappa shape index (κ1) is 38.0. The van der Waals surface area contributed by atoms with Gasteiger partial charge in [0.2, 0.25) is 0 Å². The topological polar surface area (TPSA) is 48.5 Å². The maximum Gasteiger partial charge on any atom is 0.164 e. The molecule has 15 rings (SSSR count). The highest BCUT2D eigenvalue weighted by Crippen LogP contribution is 2.48. The van der Waals surface area contributed by atoms with Gasteiger partial charge in [-0.05, 0) is 116 Å². The summed E-state index contributed by atoms with van der Waals surface area (Å²) >= 11 is 0. The van der Waals surface area contributed by atoms with Crippen molar-refractivity contribution in [2.24, 2.45) is 0 Å². The van der Waals surface area contributed by atoms with Gasteiger partial charge >= 0.3 is 0 Å². The summed E-state index contributed by atoms with van der Waals surface area (Å²) in [5.41, 5.74) is 14.7. The fraction of sp³-hybridized carbons (Fsp3) is 0.0156. The van der Waals surface area contributed by atoms with Gasteiger partial charge in [-0.1, -0.05) is 164 Å². The molecule has 0 bridgehead atoms. The summed E-state index contributed by atoms with van der Waals surface area (Å²) in [4.78, 5) is 16.5. The minimum atomic E-state index is 0.628.